The Labute approximate surface area is 127 Å². The topological polar surface area (TPSA) is 37.8 Å². The highest BCUT2D eigenvalue weighted by atomic mass is 79.9. The van der Waals surface area contributed by atoms with Crippen molar-refractivity contribution in [1.29, 1.82) is 0 Å². The van der Waals surface area contributed by atoms with Crippen LogP contribution in [0.4, 0.5) is 5.82 Å². The number of hydrogen-bond donors (Lipinski definition) is 1. The number of aromatic nitrogens is 2. The molecule has 0 aliphatic carbocycles. The molecular formula is C13H9BrClN3S. The van der Waals surface area contributed by atoms with Crippen molar-refractivity contribution in [2.75, 3.05) is 5.32 Å². The third-order valence-electron chi connectivity index (χ3n) is 2.68. The third kappa shape index (κ3) is 2.73. The second-order valence-electron chi connectivity index (χ2n) is 3.90. The van der Waals surface area contributed by atoms with Gasteiger partial charge in [-0.1, -0.05) is 12.1 Å². The van der Waals surface area contributed by atoms with E-state index in [2.05, 4.69) is 31.2 Å². The van der Waals surface area contributed by atoms with Crippen molar-refractivity contribution in [3.63, 3.8) is 0 Å². The van der Waals surface area contributed by atoms with Gasteiger partial charge in [0.05, 0.1) is 12.1 Å². The van der Waals surface area contributed by atoms with E-state index in [0.29, 0.717) is 6.54 Å². The first-order chi connectivity index (χ1) is 9.24. The first-order valence-corrected chi connectivity index (χ1v) is 7.67. The number of fused-ring (bicyclic) bond motifs is 1. The maximum atomic E-state index is 5.95. The molecule has 0 atom stereocenters. The van der Waals surface area contributed by atoms with Gasteiger partial charge in [0.1, 0.15) is 5.82 Å². The van der Waals surface area contributed by atoms with E-state index in [1.54, 1.807) is 11.3 Å². The van der Waals surface area contributed by atoms with Gasteiger partial charge in [-0.25, -0.2) is 9.97 Å². The smallest absolute Gasteiger partial charge is 0.224 e. The summed E-state index contributed by atoms with van der Waals surface area (Å²) in [5.74, 6) is 0.760. The van der Waals surface area contributed by atoms with Gasteiger partial charge in [-0.05, 0) is 51.1 Å². The summed E-state index contributed by atoms with van der Waals surface area (Å²) in [5.41, 5.74) is 0.843. The molecule has 0 saturated carbocycles. The van der Waals surface area contributed by atoms with Crippen LogP contribution < -0.4 is 5.32 Å². The molecule has 0 spiro atoms. The zero-order chi connectivity index (χ0) is 13.2. The molecule has 6 heteroatoms. The van der Waals surface area contributed by atoms with Crippen molar-refractivity contribution in [3.05, 3.63) is 50.3 Å². The van der Waals surface area contributed by atoms with Crippen LogP contribution in [0.25, 0.3) is 10.9 Å². The molecule has 0 aliphatic heterocycles. The lowest BCUT2D eigenvalue weighted by molar-refractivity contribution is 1.12. The summed E-state index contributed by atoms with van der Waals surface area (Å²) in [4.78, 5) is 9.69. The fourth-order valence-electron chi connectivity index (χ4n) is 1.80. The molecule has 1 N–H and O–H groups in total. The summed E-state index contributed by atoms with van der Waals surface area (Å²) in [7, 11) is 0. The number of halogens is 2. The number of para-hydroxylation sites is 1. The molecule has 2 heterocycles. The summed E-state index contributed by atoms with van der Waals surface area (Å²) < 4.78 is 1.11. The van der Waals surface area contributed by atoms with Crippen molar-refractivity contribution in [3.8, 4) is 0 Å². The Morgan fingerprint density at radius 1 is 1.21 bits per heavy atom. The molecule has 0 aliphatic rings. The number of rotatable bonds is 3. The van der Waals surface area contributed by atoms with E-state index in [1.165, 1.54) is 4.88 Å². The van der Waals surface area contributed by atoms with Crippen molar-refractivity contribution in [1.82, 2.24) is 9.97 Å². The van der Waals surface area contributed by atoms with Crippen molar-refractivity contribution < 1.29 is 0 Å². The average Bonchev–Trinajstić information content (AvgIpc) is 2.81. The van der Waals surface area contributed by atoms with Gasteiger partial charge in [-0.2, -0.15) is 0 Å². The second kappa shape index (κ2) is 5.45. The van der Waals surface area contributed by atoms with Gasteiger partial charge >= 0.3 is 0 Å². The van der Waals surface area contributed by atoms with Gasteiger partial charge in [-0.3, -0.25) is 0 Å². The fraction of sp³-hybridized carbons (Fsp3) is 0.0769. The van der Waals surface area contributed by atoms with Crippen LogP contribution in [0.3, 0.4) is 0 Å². The molecule has 19 heavy (non-hydrogen) atoms. The van der Waals surface area contributed by atoms with Gasteiger partial charge in [0.2, 0.25) is 5.28 Å². The molecule has 0 radical (unpaired) electrons. The van der Waals surface area contributed by atoms with Gasteiger partial charge in [0.15, 0.2) is 0 Å². The van der Waals surface area contributed by atoms with E-state index in [9.17, 15) is 0 Å². The van der Waals surface area contributed by atoms with Crippen LogP contribution in [0, 0.1) is 0 Å². The minimum Gasteiger partial charge on any atom is -0.364 e. The molecular weight excluding hydrogens is 346 g/mol. The number of anilines is 1. The summed E-state index contributed by atoms with van der Waals surface area (Å²) in [6.07, 6.45) is 0. The summed E-state index contributed by atoms with van der Waals surface area (Å²) in [5, 5.41) is 6.59. The van der Waals surface area contributed by atoms with E-state index in [0.717, 1.165) is 21.2 Å². The SMILES string of the molecule is Clc1nc(NCc2sccc2Br)c2ccccc2n1. The summed E-state index contributed by atoms with van der Waals surface area (Å²) >= 11 is 11.2. The summed E-state index contributed by atoms with van der Waals surface area (Å²) in [6.45, 7) is 0.704. The van der Waals surface area contributed by atoms with Gasteiger partial charge in [0, 0.05) is 14.7 Å². The number of hydrogen-bond acceptors (Lipinski definition) is 4. The standard InChI is InChI=1S/C13H9BrClN3S/c14-9-5-6-19-11(9)7-16-12-8-3-1-2-4-10(8)17-13(15)18-12/h1-6H,7H2,(H,16,17,18). The lowest BCUT2D eigenvalue weighted by atomic mass is 10.2. The number of benzene rings is 1. The van der Waals surface area contributed by atoms with Gasteiger partial charge in [0.25, 0.3) is 0 Å². The van der Waals surface area contributed by atoms with Crippen molar-refractivity contribution >= 4 is 55.6 Å². The molecule has 1 aromatic carbocycles. The first kappa shape index (κ1) is 12.8. The Hall–Kier alpha value is -1.17. The molecule has 96 valence electrons. The van der Waals surface area contributed by atoms with Crippen LogP contribution in [-0.4, -0.2) is 9.97 Å². The average molecular weight is 355 g/mol. The second-order valence-corrected chi connectivity index (χ2v) is 6.10. The van der Waals surface area contributed by atoms with Crippen molar-refractivity contribution in [2.45, 2.75) is 6.54 Å². The van der Waals surface area contributed by atoms with Crippen LogP contribution in [0.15, 0.2) is 40.2 Å². The lowest BCUT2D eigenvalue weighted by Crippen LogP contribution is -2.02. The Morgan fingerprint density at radius 2 is 2.05 bits per heavy atom. The van der Waals surface area contributed by atoms with Crippen LogP contribution >= 0.6 is 38.9 Å². The molecule has 3 nitrogen and oxygen atoms in total. The Kier molecular flexibility index (Phi) is 3.68. The van der Waals surface area contributed by atoms with Crippen molar-refractivity contribution in [2.24, 2.45) is 0 Å². The minimum atomic E-state index is 0.256. The molecule has 3 aromatic rings. The fourth-order valence-corrected chi connectivity index (χ4v) is 3.41. The highest BCUT2D eigenvalue weighted by molar-refractivity contribution is 9.10. The Bertz CT molecular complexity index is 729. The molecule has 0 unspecified atom stereocenters. The molecule has 0 bridgehead atoms. The summed E-state index contributed by atoms with van der Waals surface area (Å²) in [6, 6.07) is 9.84. The van der Waals surface area contributed by atoms with E-state index in [1.807, 2.05) is 35.7 Å². The molecule has 0 fully saturated rings. The molecule has 2 aromatic heterocycles. The number of thiophene rings is 1. The van der Waals surface area contributed by atoms with Crippen LogP contribution in [-0.2, 0) is 6.54 Å². The zero-order valence-corrected chi connectivity index (χ0v) is 12.9. The van der Waals surface area contributed by atoms with Gasteiger partial charge in [-0.15, -0.1) is 11.3 Å². The largest absolute Gasteiger partial charge is 0.364 e. The third-order valence-corrected chi connectivity index (χ3v) is 4.78. The highest BCUT2D eigenvalue weighted by Crippen LogP contribution is 2.26. The Balaban J connectivity index is 1.94. The van der Waals surface area contributed by atoms with E-state index >= 15 is 0 Å². The van der Waals surface area contributed by atoms with Crippen LogP contribution in [0.1, 0.15) is 4.88 Å². The predicted octanol–water partition coefficient (Wildman–Crippen LogP) is 4.72. The highest BCUT2D eigenvalue weighted by Gasteiger charge is 2.07. The number of nitrogens with zero attached hydrogens (tertiary/aromatic N) is 2. The maximum absolute atomic E-state index is 5.95. The van der Waals surface area contributed by atoms with Crippen LogP contribution in [0.2, 0.25) is 5.28 Å². The molecule has 0 amide bonds. The minimum absolute atomic E-state index is 0.256. The van der Waals surface area contributed by atoms with Crippen LogP contribution in [0.5, 0.6) is 0 Å². The quantitative estimate of drug-likeness (QED) is 0.692. The zero-order valence-electron chi connectivity index (χ0n) is 9.73. The molecule has 0 saturated heterocycles. The molecule has 3 rings (SSSR count). The van der Waals surface area contributed by atoms with E-state index in [4.69, 9.17) is 11.6 Å². The van der Waals surface area contributed by atoms with Gasteiger partial charge < -0.3 is 5.32 Å². The lowest BCUT2D eigenvalue weighted by Gasteiger charge is -2.08. The Morgan fingerprint density at radius 3 is 2.84 bits per heavy atom. The predicted molar refractivity (Wildman–Crippen MR) is 83.9 cm³/mol. The normalized spacial score (nSPS) is 10.8. The monoisotopic (exact) mass is 353 g/mol. The maximum Gasteiger partial charge on any atom is 0.224 e. The van der Waals surface area contributed by atoms with E-state index in [-0.39, 0.29) is 5.28 Å². The van der Waals surface area contributed by atoms with E-state index < -0.39 is 0 Å². The number of nitrogens with one attached hydrogen (secondary N) is 1. The first-order valence-electron chi connectivity index (χ1n) is 5.62.